The second-order valence-corrected chi connectivity index (χ2v) is 3.77. The third-order valence-corrected chi connectivity index (χ3v) is 2.66. The third kappa shape index (κ3) is 1.86. The number of nitrogens with zero attached hydrogens (tertiary/aromatic N) is 2. The zero-order valence-corrected chi connectivity index (χ0v) is 9.44. The van der Waals surface area contributed by atoms with Crippen LogP contribution in [0.5, 0.6) is 0 Å². The second-order valence-electron chi connectivity index (χ2n) is 3.43. The number of fused-ring (bicyclic) bond motifs is 1. The molecule has 1 aromatic heterocycles. The molecule has 0 aliphatic carbocycles. The van der Waals surface area contributed by atoms with E-state index in [0.29, 0.717) is 23.9 Å². The average molecular weight is 235 g/mol. The molecule has 16 heavy (non-hydrogen) atoms. The molecule has 1 heterocycles. The summed E-state index contributed by atoms with van der Waals surface area (Å²) < 4.78 is 1.46. The first-order chi connectivity index (χ1) is 7.74. The molecule has 0 saturated heterocycles. The molecule has 0 spiro atoms. The van der Waals surface area contributed by atoms with Crippen LogP contribution in [0.2, 0.25) is 5.28 Å². The number of hydrogen-bond donors (Lipinski definition) is 0. The fraction of sp³-hybridized carbons (Fsp3) is 0.167. The molecular weight excluding hydrogens is 224 g/mol. The van der Waals surface area contributed by atoms with Crippen LogP contribution in [0.3, 0.4) is 0 Å². The summed E-state index contributed by atoms with van der Waals surface area (Å²) in [6.07, 6.45) is 2.44. The highest BCUT2D eigenvalue weighted by atomic mass is 35.5. The van der Waals surface area contributed by atoms with Crippen LogP contribution in [-0.4, -0.2) is 9.55 Å². The maximum Gasteiger partial charge on any atom is 0.262 e. The van der Waals surface area contributed by atoms with Gasteiger partial charge in [0.1, 0.15) is 0 Å². The van der Waals surface area contributed by atoms with Crippen molar-refractivity contribution in [2.24, 2.45) is 0 Å². The summed E-state index contributed by atoms with van der Waals surface area (Å²) in [5.74, 6) is 0. The molecule has 0 bridgehead atoms. The number of halogens is 1. The zero-order valence-electron chi connectivity index (χ0n) is 8.69. The topological polar surface area (TPSA) is 34.9 Å². The van der Waals surface area contributed by atoms with Gasteiger partial charge in [-0.25, -0.2) is 4.98 Å². The van der Waals surface area contributed by atoms with E-state index in [1.807, 2.05) is 12.1 Å². The molecule has 0 N–H and O–H groups in total. The number of benzene rings is 1. The van der Waals surface area contributed by atoms with Gasteiger partial charge in [0.25, 0.3) is 5.56 Å². The van der Waals surface area contributed by atoms with Gasteiger partial charge in [0.05, 0.1) is 10.9 Å². The van der Waals surface area contributed by atoms with Crippen molar-refractivity contribution in [3.05, 3.63) is 52.6 Å². The smallest absolute Gasteiger partial charge is 0.262 e. The minimum Gasteiger partial charge on any atom is -0.282 e. The van der Waals surface area contributed by atoms with E-state index < -0.39 is 0 Å². The molecule has 0 amide bonds. The molecule has 0 saturated carbocycles. The normalized spacial score (nSPS) is 10.6. The maximum absolute atomic E-state index is 12.1. The molecule has 2 rings (SSSR count). The Bertz CT molecular complexity index is 589. The van der Waals surface area contributed by atoms with E-state index in [2.05, 4.69) is 11.6 Å². The monoisotopic (exact) mass is 234 g/mol. The van der Waals surface area contributed by atoms with E-state index in [0.717, 1.165) is 0 Å². The Labute approximate surface area is 98.0 Å². The number of allylic oxidation sites excluding steroid dienone is 1. The SMILES string of the molecule is C=CCCn1c(Cl)nc2ccccc2c1=O. The lowest BCUT2D eigenvalue weighted by molar-refractivity contribution is 0.675. The number of rotatable bonds is 3. The zero-order chi connectivity index (χ0) is 11.5. The lowest BCUT2D eigenvalue weighted by Gasteiger charge is -2.07. The highest BCUT2D eigenvalue weighted by Crippen LogP contribution is 2.11. The minimum absolute atomic E-state index is 0.0996. The predicted molar refractivity (Wildman–Crippen MR) is 65.8 cm³/mol. The molecule has 1 aromatic carbocycles. The summed E-state index contributed by atoms with van der Waals surface area (Å²) in [4.78, 5) is 16.2. The van der Waals surface area contributed by atoms with Gasteiger partial charge >= 0.3 is 0 Å². The van der Waals surface area contributed by atoms with Gasteiger partial charge in [-0.1, -0.05) is 18.2 Å². The van der Waals surface area contributed by atoms with Gasteiger partial charge in [-0.15, -0.1) is 6.58 Å². The Hall–Kier alpha value is -1.61. The molecule has 0 unspecified atom stereocenters. The van der Waals surface area contributed by atoms with E-state index in [-0.39, 0.29) is 10.8 Å². The number of aromatic nitrogens is 2. The lowest BCUT2D eigenvalue weighted by Crippen LogP contribution is -2.22. The van der Waals surface area contributed by atoms with Crippen molar-refractivity contribution in [2.45, 2.75) is 13.0 Å². The molecule has 2 aromatic rings. The fourth-order valence-electron chi connectivity index (χ4n) is 1.56. The first-order valence-electron chi connectivity index (χ1n) is 5.00. The van der Waals surface area contributed by atoms with Crippen LogP contribution >= 0.6 is 11.6 Å². The van der Waals surface area contributed by atoms with Gasteiger partial charge in [-0.05, 0) is 30.2 Å². The summed E-state index contributed by atoms with van der Waals surface area (Å²) in [6, 6.07) is 7.18. The van der Waals surface area contributed by atoms with Crippen LogP contribution in [0.15, 0.2) is 41.7 Å². The highest BCUT2D eigenvalue weighted by Gasteiger charge is 2.07. The van der Waals surface area contributed by atoms with Gasteiger partial charge in [-0.3, -0.25) is 9.36 Å². The molecule has 0 fully saturated rings. The van der Waals surface area contributed by atoms with Crippen molar-refractivity contribution in [1.82, 2.24) is 9.55 Å². The van der Waals surface area contributed by atoms with E-state index >= 15 is 0 Å². The molecule has 0 atom stereocenters. The Morgan fingerprint density at radius 1 is 1.44 bits per heavy atom. The van der Waals surface area contributed by atoms with Crippen molar-refractivity contribution in [2.75, 3.05) is 0 Å². The summed E-state index contributed by atoms with van der Waals surface area (Å²) in [5, 5.41) is 0.821. The quantitative estimate of drug-likeness (QED) is 0.605. The van der Waals surface area contributed by atoms with Gasteiger partial charge < -0.3 is 0 Å². The van der Waals surface area contributed by atoms with E-state index in [9.17, 15) is 4.79 Å². The first kappa shape index (κ1) is 10.9. The van der Waals surface area contributed by atoms with Crippen molar-refractivity contribution >= 4 is 22.5 Å². The Morgan fingerprint density at radius 2 is 2.19 bits per heavy atom. The maximum atomic E-state index is 12.1. The van der Waals surface area contributed by atoms with Gasteiger partial charge in [0.2, 0.25) is 5.28 Å². The largest absolute Gasteiger partial charge is 0.282 e. The minimum atomic E-state index is -0.0996. The van der Waals surface area contributed by atoms with Gasteiger partial charge in [0, 0.05) is 6.54 Å². The van der Waals surface area contributed by atoms with Crippen molar-refractivity contribution in [1.29, 1.82) is 0 Å². The van der Waals surface area contributed by atoms with Crippen LogP contribution in [-0.2, 0) is 6.54 Å². The fourth-order valence-corrected chi connectivity index (χ4v) is 1.81. The summed E-state index contributed by atoms with van der Waals surface area (Å²) in [5.41, 5.74) is 0.532. The summed E-state index contributed by atoms with van der Waals surface area (Å²) in [6.45, 7) is 4.13. The highest BCUT2D eigenvalue weighted by molar-refractivity contribution is 6.28. The van der Waals surface area contributed by atoms with Crippen molar-refractivity contribution < 1.29 is 0 Å². The molecular formula is C12H11ClN2O. The van der Waals surface area contributed by atoms with Gasteiger partial charge in [0.15, 0.2) is 0 Å². The Morgan fingerprint density at radius 3 is 2.94 bits per heavy atom. The van der Waals surface area contributed by atoms with E-state index in [1.165, 1.54) is 4.57 Å². The van der Waals surface area contributed by atoms with Crippen molar-refractivity contribution in [3.8, 4) is 0 Å². The van der Waals surface area contributed by atoms with E-state index in [1.54, 1.807) is 18.2 Å². The van der Waals surface area contributed by atoms with Crippen LogP contribution in [0, 0.1) is 0 Å². The third-order valence-electron chi connectivity index (χ3n) is 2.37. The molecule has 0 aliphatic rings. The van der Waals surface area contributed by atoms with Crippen LogP contribution < -0.4 is 5.56 Å². The molecule has 3 nitrogen and oxygen atoms in total. The van der Waals surface area contributed by atoms with Crippen LogP contribution in [0.25, 0.3) is 10.9 Å². The number of hydrogen-bond acceptors (Lipinski definition) is 2. The summed E-state index contributed by atoms with van der Waals surface area (Å²) >= 11 is 5.96. The molecule has 0 aliphatic heterocycles. The first-order valence-corrected chi connectivity index (χ1v) is 5.38. The molecule has 0 radical (unpaired) electrons. The standard InChI is InChI=1S/C12H11ClN2O/c1-2-3-8-15-11(16)9-6-4-5-7-10(9)14-12(15)13/h2,4-7H,1,3,8H2. The lowest BCUT2D eigenvalue weighted by atomic mass is 10.2. The number of para-hydroxylation sites is 1. The predicted octanol–water partition coefficient (Wildman–Crippen LogP) is 2.63. The van der Waals surface area contributed by atoms with Crippen molar-refractivity contribution in [3.63, 3.8) is 0 Å². The molecule has 4 heteroatoms. The average Bonchev–Trinajstić information content (AvgIpc) is 2.29. The van der Waals surface area contributed by atoms with Crippen LogP contribution in [0.4, 0.5) is 0 Å². The second kappa shape index (κ2) is 4.49. The summed E-state index contributed by atoms with van der Waals surface area (Å²) in [7, 11) is 0. The van der Waals surface area contributed by atoms with Gasteiger partial charge in [-0.2, -0.15) is 0 Å². The molecule has 82 valence electrons. The van der Waals surface area contributed by atoms with Crippen LogP contribution in [0.1, 0.15) is 6.42 Å². The Balaban J connectivity index is 2.66. The van der Waals surface area contributed by atoms with E-state index in [4.69, 9.17) is 11.6 Å². The Kier molecular flexibility index (Phi) is 3.06.